The zero-order valence-corrected chi connectivity index (χ0v) is 15.8. The molecule has 0 aliphatic rings. The third-order valence-corrected chi connectivity index (χ3v) is 4.80. The summed E-state index contributed by atoms with van der Waals surface area (Å²) in [5, 5.41) is 5.77. The molecule has 0 radical (unpaired) electrons. The molecule has 2 aromatic carbocycles. The van der Waals surface area contributed by atoms with E-state index in [1.807, 2.05) is 42.5 Å². The second-order valence-corrected chi connectivity index (χ2v) is 6.71. The van der Waals surface area contributed by atoms with Crippen LogP contribution in [0.15, 0.2) is 65.1 Å². The molecule has 128 valence electrons. The largest absolute Gasteiger partial charge is 0.334 e. The van der Waals surface area contributed by atoms with Crippen molar-refractivity contribution in [1.29, 1.82) is 0 Å². The molecule has 0 saturated heterocycles. The van der Waals surface area contributed by atoms with Crippen molar-refractivity contribution in [3.8, 4) is 5.69 Å². The van der Waals surface area contributed by atoms with E-state index < -0.39 is 0 Å². The normalized spacial score (nSPS) is 10.5. The lowest BCUT2D eigenvalue weighted by molar-refractivity contribution is 0.251. The molecule has 25 heavy (non-hydrogen) atoms. The topological polar surface area (TPSA) is 46.1 Å². The van der Waals surface area contributed by atoms with Crippen LogP contribution in [0.4, 0.5) is 10.5 Å². The fraction of sp³-hybridized carbons (Fsp3) is 0.150. The maximum atomic E-state index is 12.2. The molecule has 2 amide bonds. The predicted molar refractivity (Wildman–Crippen MR) is 105 cm³/mol. The Hall–Kier alpha value is -2.53. The van der Waals surface area contributed by atoms with Crippen molar-refractivity contribution >= 4 is 27.6 Å². The van der Waals surface area contributed by atoms with E-state index >= 15 is 0 Å². The smallest absolute Gasteiger partial charge is 0.319 e. The molecular formula is C20H20BrN3O. The highest BCUT2D eigenvalue weighted by atomic mass is 79.9. The molecule has 0 saturated carbocycles. The maximum absolute atomic E-state index is 12.2. The number of benzene rings is 2. The van der Waals surface area contributed by atoms with Crippen molar-refractivity contribution in [3.63, 3.8) is 0 Å². The first-order valence-corrected chi connectivity index (χ1v) is 8.88. The van der Waals surface area contributed by atoms with Crippen molar-refractivity contribution in [1.82, 2.24) is 9.88 Å². The second kappa shape index (κ2) is 7.57. The fourth-order valence-corrected chi connectivity index (χ4v) is 3.27. The number of carbonyl (C=O) groups excluding carboxylic acids is 1. The van der Waals surface area contributed by atoms with E-state index in [0.29, 0.717) is 6.54 Å². The first-order chi connectivity index (χ1) is 12.1. The number of amides is 2. The summed E-state index contributed by atoms with van der Waals surface area (Å²) in [6.45, 7) is 4.62. The Labute approximate surface area is 156 Å². The molecule has 0 spiro atoms. The highest BCUT2D eigenvalue weighted by Gasteiger charge is 2.11. The average molecular weight is 398 g/mol. The molecule has 2 N–H and O–H groups in total. The van der Waals surface area contributed by atoms with Crippen LogP contribution in [-0.4, -0.2) is 10.6 Å². The second-order valence-electron chi connectivity index (χ2n) is 5.85. The van der Waals surface area contributed by atoms with Crippen LogP contribution in [-0.2, 0) is 6.54 Å². The highest BCUT2D eigenvalue weighted by Crippen LogP contribution is 2.22. The summed E-state index contributed by atoms with van der Waals surface area (Å²) in [5.41, 5.74) is 5.25. The fourth-order valence-electron chi connectivity index (χ4n) is 2.89. The lowest BCUT2D eigenvalue weighted by Crippen LogP contribution is -2.28. The quantitative estimate of drug-likeness (QED) is 0.625. The number of hydrogen-bond acceptors (Lipinski definition) is 1. The van der Waals surface area contributed by atoms with Crippen molar-refractivity contribution in [2.24, 2.45) is 0 Å². The molecule has 4 nitrogen and oxygen atoms in total. The minimum absolute atomic E-state index is 0.226. The van der Waals surface area contributed by atoms with E-state index in [9.17, 15) is 4.79 Å². The van der Waals surface area contributed by atoms with Crippen LogP contribution >= 0.6 is 15.9 Å². The molecule has 0 aliphatic heterocycles. The minimum atomic E-state index is -0.226. The van der Waals surface area contributed by atoms with Crippen LogP contribution < -0.4 is 10.6 Å². The number of urea groups is 1. The van der Waals surface area contributed by atoms with Gasteiger partial charge in [-0.2, -0.15) is 0 Å². The van der Waals surface area contributed by atoms with Gasteiger partial charge in [-0.15, -0.1) is 0 Å². The molecule has 3 aromatic rings. The average Bonchev–Trinajstić information content (AvgIpc) is 2.89. The van der Waals surface area contributed by atoms with Crippen molar-refractivity contribution < 1.29 is 4.79 Å². The Morgan fingerprint density at radius 1 is 1.04 bits per heavy atom. The van der Waals surface area contributed by atoms with Crippen LogP contribution in [0.5, 0.6) is 0 Å². The summed E-state index contributed by atoms with van der Waals surface area (Å²) in [7, 11) is 0. The number of para-hydroxylation sites is 2. The van der Waals surface area contributed by atoms with E-state index in [0.717, 1.165) is 32.8 Å². The zero-order valence-electron chi connectivity index (χ0n) is 14.2. The van der Waals surface area contributed by atoms with Crippen LogP contribution in [0.1, 0.15) is 17.0 Å². The van der Waals surface area contributed by atoms with Crippen molar-refractivity contribution in [2.45, 2.75) is 20.4 Å². The molecule has 0 fully saturated rings. The van der Waals surface area contributed by atoms with E-state index in [-0.39, 0.29) is 6.03 Å². The summed E-state index contributed by atoms with van der Waals surface area (Å²) in [4.78, 5) is 12.2. The van der Waals surface area contributed by atoms with Crippen LogP contribution in [0.3, 0.4) is 0 Å². The Kier molecular flexibility index (Phi) is 5.24. The predicted octanol–water partition coefficient (Wildman–Crippen LogP) is 5.18. The Balaban J connectivity index is 1.70. The summed E-state index contributed by atoms with van der Waals surface area (Å²) in [6, 6.07) is 19.6. The SMILES string of the molecule is Cc1cc(CNC(=O)Nc2ccccc2Br)c(C)n1-c1ccccc1. The summed E-state index contributed by atoms with van der Waals surface area (Å²) in [5.74, 6) is 0. The first-order valence-electron chi connectivity index (χ1n) is 8.09. The molecule has 0 atom stereocenters. The molecule has 0 unspecified atom stereocenters. The number of hydrogen-bond donors (Lipinski definition) is 2. The number of aromatic nitrogens is 1. The minimum Gasteiger partial charge on any atom is -0.334 e. The van der Waals surface area contributed by atoms with Gasteiger partial charge in [0.15, 0.2) is 0 Å². The summed E-state index contributed by atoms with van der Waals surface area (Å²) in [6.07, 6.45) is 0. The van der Waals surface area contributed by atoms with Gasteiger partial charge in [-0.1, -0.05) is 30.3 Å². The number of nitrogens with zero attached hydrogens (tertiary/aromatic N) is 1. The molecule has 0 aliphatic carbocycles. The van der Waals surface area contributed by atoms with Gasteiger partial charge in [-0.25, -0.2) is 4.79 Å². The van der Waals surface area contributed by atoms with Gasteiger partial charge in [0, 0.05) is 28.1 Å². The Morgan fingerprint density at radius 2 is 1.72 bits per heavy atom. The van der Waals surface area contributed by atoms with E-state index in [1.165, 1.54) is 0 Å². The third-order valence-electron chi connectivity index (χ3n) is 4.11. The molecule has 0 bridgehead atoms. The molecule has 3 rings (SSSR count). The van der Waals surface area contributed by atoms with Gasteiger partial charge in [0.2, 0.25) is 0 Å². The zero-order chi connectivity index (χ0) is 17.8. The van der Waals surface area contributed by atoms with E-state index in [1.54, 1.807) is 0 Å². The van der Waals surface area contributed by atoms with Crippen molar-refractivity contribution in [2.75, 3.05) is 5.32 Å². The lowest BCUT2D eigenvalue weighted by Gasteiger charge is -2.11. The molecule has 1 heterocycles. The monoisotopic (exact) mass is 397 g/mol. The number of anilines is 1. The highest BCUT2D eigenvalue weighted by molar-refractivity contribution is 9.10. The van der Waals surface area contributed by atoms with Crippen LogP contribution in [0.25, 0.3) is 5.69 Å². The van der Waals surface area contributed by atoms with Gasteiger partial charge in [-0.3, -0.25) is 0 Å². The van der Waals surface area contributed by atoms with E-state index in [4.69, 9.17) is 0 Å². The van der Waals surface area contributed by atoms with Crippen molar-refractivity contribution in [3.05, 3.63) is 82.1 Å². The van der Waals surface area contributed by atoms with Gasteiger partial charge < -0.3 is 15.2 Å². The standard InChI is InChI=1S/C20H20BrN3O/c1-14-12-16(15(2)24(14)17-8-4-3-5-9-17)13-22-20(25)23-19-11-7-6-10-18(19)21/h3-12H,13H2,1-2H3,(H2,22,23,25). The number of carbonyl (C=O) groups is 1. The third kappa shape index (κ3) is 3.94. The number of aryl methyl sites for hydroxylation is 1. The van der Waals surface area contributed by atoms with Crippen LogP contribution in [0.2, 0.25) is 0 Å². The number of rotatable bonds is 4. The molecular weight excluding hydrogens is 378 g/mol. The van der Waals surface area contributed by atoms with Gasteiger partial charge in [0.25, 0.3) is 0 Å². The van der Waals surface area contributed by atoms with Gasteiger partial charge in [0.1, 0.15) is 0 Å². The Morgan fingerprint density at radius 3 is 2.44 bits per heavy atom. The molecule has 5 heteroatoms. The summed E-state index contributed by atoms with van der Waals surface area (Å²) < 4.78 is 3.05. The maximum Gasteiger partial charge on any atom is 0.319 e. The number of halogens is 1. The molecule has 1 aromatic heterocycles. The Bertz CT molecular complexity index is 887. The number of nitrogens with one attached hydrogen (secondary N) is 2. The lowest BCUT2D eigenvalue weighted by atomic mass is 10.2. The van der Waals surface area contributed by atoms with Crippen LogP contribution in [0, 0.1) is 13.8 Å². The van der Waals surface area contributed by atoms with Gasteiger partial charge in [-0.05, 0) is 65.7 Å². The summed E-state index contributed by atoms with van der Waals surface area (Å²) >= 11 is 3.43. The van der Waals surface area contributed by atoms with Gasteiger partial charge >= 0.3 is 6.03 Å². The first kappa shape index (κ1) is 17.3. The van der Waals surface area contributed by atoms with E-state index in [2.05, 4.69) is 63.2 Å². The van der Waals surface area contributed by atoms with Gasteiger partial charge in [0.05, 0.1) is 5.69 Å².